The van der Waals surface area contributed by atoms with Gasteiger partial charge in [-0.1, -0.05) is 11.6 Å². The molecule has 7 heteroatoms. The standard InChI is InChI=1S/C16H17ClN2O3S/c1-4-22-13-8-11(7-12(17)15(13)21-3)5-6-14(20)19-16-18-10(2)9-23-16/h5-9H,4H2,1-3H3,(H,18,19,20). The van der Waals surface area contributed by atoms with Crippen LogP contribution < -0.4 is 14.8 Å². The fourth-order valence-electron chi connectivity index (χ4n) is 1.88. The summed E-state index contributed by atoms with van der Waals surface area (Å²) in [6, 6.07) is 3.48. The van der Waals surface area contributed by atoms with Crippen molar-refractivity contribution < 1.29 is 14.3 Å². The van der Waals surface area contributed by atoms with Crippen molar-refractivity contribution >= 4 is 40.1 Å². The second-order valence-corrected chi connectivity index (χ2v) is 5.85. The number of thiazole rings is 1. The second kappa shape index (κ2) is 7.99. The van der Waals surface area contributed by atoms with E-state index in [1.165, 1.54) is 24.5 Å². The molecule has 2 aromatic rings. The van der Waals surface area contributed by atoms with Crippen LogP contribution >= 0.6 is 22.9 Å². The van der Waals surface area contributed by atoms with E-state index in [2.05, 4.69) is 10.3 Å². The first-order valence-corrected chi connectivity index (χ1v) is 8.20. The fourth-order valence-corrected chi connectivity index (χ4v) is 2.86. The molecule has 0 spiro atoms. The van der Waals surface area contributed by atoms with Gasteiger partial charge in [-0.15, -0.1) is 11.3 Å². The molecule has 0 bridgehead atoms. The number of nitrogens with one attached hydrogen (secondary N) is 1. The highest BCUT2D eigenvalue weighted by Crippen LogP contribution is 2.36. The number of hydrogen-bond donors (Lipinski definition) is 1. The molecule has 1 aromatic heterocycles. The van der Waals surface area contributed by atoms with Crippen molar-refractivity contribution in [1.82, 2.24) is 4.98 Å². The van der Waals surface area contributed by atoms with Crippen LogP contribution in [0.2, 0.25) is 5.02 Å². The minimum absolute atomic E-state index is 0.260. The van der Waals surface area contributed by atoms with Crippen LogP contribution in [0, 0.1) is 6.92 Å². The second-order valence-electron chi connectivity index (χ2n) is 4.58. The Kier molecular flexibility index (Phi) is 6.01. The first-order valence-electron chi connectivity index (χ1n) is 6.95. The number of benzene rings is 1. The molecule has 0 unspecified atom stereocenters. The average Bonchev–Trinajstić information content (AvgIpc) is 2.90. The lowest BCUT2D eigenvalue weighted by Crippen LogP contribution is -2.07. The quantitative estimate of drug-likeness (QED) is 0.793. The number of carbonyl (C=O) groups excluding carboxylic acids is 1. The summed E-state index contributed by atoms with van der Waals surface area (Å²) in [7, 11) is 1.53. The van der Waals surface area contributed by atoms with Gasteiger partial charge in [0.2, 0.25) is 5.91 Å². The molecular weight excluding hydrogens is 336 g/mol. The predicted molar refractivity (Wildman–Crippen MR) is 93.7 cm³/mol. The molecule has 0 aliphatic carbocycles. The van der Waals surface area contributed by atoms with Gasteiger partial charge in [0.05, 0.1) is 24.4 Å². The number of anilines is 1. The van der Waals surface area contributed by atoms with Crippen LogP contribution in [-0.2, 0) is 4.79 Å². The van der Waals surface area contributed by atoms with Crippen molar-refractivity contribution in [3.63, 3.8) is 0 Å². The van der Waals surface area contributed by atoms with E-state index in [1.54, 1.807) is 18.2 Å². The summed E-state index contributed by atoms with van der Waals surface area (Å²) in [5, 5.41) is 5.57. The molecule has 0 saturated carbocycles. The molecule has 0 fully saturated rings. The number of nitrogens with zero attached hydrogens (tertiary/aromatic N) is 1. The zero-order chi connectivity index (χ0) is 16.8. The Morgan fingerprint density at radius 3 is 2.87 bits per heavy atom. The lowest BCUT2D eigenvalue weighted by molar-refractivity contribution is -0.111. The third-order valence-corrected chi connectivity index (χ3v) is 3.97. The first kappa shape index (κ1) is 17.3. The van der Waals surface area contributed by atoms with Gasteiger partial charge in [-0.25, -0.2) is 4.98 Å². The monoisotopic (exact) mass is 352 g/mol. The van der Waals surface area contributed by atoms with Crippen LogP contribution in [0.5, 0.6) is 11.5 Å². The molecular formula is C16H17ClN2O3S. The Labute approximate surface area is 143 Å². The molecule has 0 radical (unpaired) electrons. The van der Waals surface area contributed by atoms with E-state index in [0.717, 1.165) is 11.3 Å². The first-order chi connectivity index (χ1) is 11.0. The third-order valence-electron chi connectivity index (χ3n) is 2.81. The third kappa shape index (κ3) is 4.71. The van der Waals surface area contributed by atoms with Gasteiger partial charge in [-0.3, -0.25) is 10.1 Å². The summed E-state index contributed by atoms with van der Waals surface area (Å²) in [6.07, 6.45) is 3.08. The number of rotatable bonds is 6. The van der Waals surface area contributed by atoms with Gasteiger partial charge in [0, 0.05) is 11.5 Å². The van der Waals surface area contributed by atoms with Crippen molar-refractivity contribution in [1.29, 1.82) is 0 Å². The zero-order valence-corrected chi connectivity index (χ0v) is 14.6. The summed E-state index contributed by atoms with van der Waals surface area (Å²) in [4.78, 5) is 16.1. The molecule has 1 aromatic carbocycles. The van der Waals surface area contributed by atoms with E-state index in [-0.39, 0.29) is 5.91 Å². The van der Waals surface area contributed by atoms with Crippen molar-refractivity contribution in [2.24, 2.45) is 0 Å². The van der Waals surface area contributed by atoms with Crippen LogP contribution in [-0.4, -0.2) is 24.6 Å². The van der Waals surface area contributed by atoms with E-state index >= 15 is 0 Å². The summed E-state index contributed by atoms with van der Waals surface area (Å²) in [5.41, 5.74) is 1.61. The number of amides is 1. The average molecular weight is 353 g/mol. The largest absolute Gasteiger partial charge is 0.491 e. The van der Waals surface area contributed by atoms with Crippen molar-refractivity contribution in [2.75, 3.05) is 19.0 Å². The summed E-state index contributed by atoms with van der Waals surface area (Å²) < 4.78 is 10.7. The van der Waals surface area contributed by atoms with Gasteiger partial charge < -0.3 is 9.47 Å². The molecule has 1 heterocycles. The van der Waals surface area contributed by atoms with Crippen LogP contribution in [0.25, 0.3) is 6.08 Å². The Morgan fingerprint density at radius 1 is 1.48 bits per heavy atom. The number of aryl methyl sites for hydroxylation is 1. The van der Waals surface area contributed by atoms with Crippen LogP contribution in [0.15, 0.2) is 23.6 Å². The maximum atomic E-state index is 11.9. The molecule has 5 nitrogen and oxygen atoms in total. The molecule has 23 heavy (non-hydrogen) atoms. The Hall–Kier alpha value is -2.05. The van der Waals surface area contributed by atoms with Crippen LogP contribution in [0.4, 0.5) is 5.13 Å². The maximum Gasteiger partial charge on any atom is 0.250 e. The van der Waals surface area contributed by atoms with Gasteiger partial charge in [0.25, 0.3) is 0 Å². The number of methoxy groups -OCH3 is 1. The van der Waals surface area contributed by atoms with E-state index in [0.29, 0.717) is 28.3 Å². The molecule has 0 aliphatic heterocycles. The predicted octanol–water partition coefficient (Wildman–Crippen LogP) is 4.16. The van der Waals surface area contributed by atoms with E-state index < -0.39 is 0 Å². The molecule has 0 aliphatic rings. The summed E-state index contributed by atoms with van der Waals surface area (Å²) in [6.45, 7) is 4.24. The van der Waals surface area contributed by atoms with Gasteiger partial charge >= 0.3 is 0 Å². The van der Waals surface area contributed by atoms with Gasteiger partial charge in [-0.2, -0.15) is 0 Å². The Balaban J connectivity index is 2.13. The lowest BCUT2D eigenvalue weighted by Gasteiger charge is -2.11. The van der Waals surface area contributed by atoms with Gasteiger partial charge in [0.1, 0.15) is 0 Å². The van der Waals surface area contributed by atoms with Crippen molar-refractivity contribution in [3.8, 4) is 11.5 Å². The van der Waals surface area contributed by atoms with Crippen LogP contribution in [0.1, 0.15) is 18.2 Å². The summed E-state index contributed by atoms with van der Waals surface area (Å²) in [5.74, 6) is 0.760. The lowest BCUT2D eigenvalue weighted by atomic mass is 10.2. The van der Waals surface area contributed by atoms with Gasteiger partial charge in [-0.05, 0) is 37.6 Å². The number of carbonyl (C=O) groups is 1. The van der Waals surface area contributed by atoms with E-state index in [4.69, 9.17) is 21.1 Å². The molecule has 1 amide bonds. The summed E-state index contributed by atoms with van der Waals surface area (Å²) >= 11 is 7.55. The van der Waals surface area contributed by atoms with E-state index in [9.17, 15) is 4.79 Å². The highest BCUT2D eigenvalue weighted by Gasteiger charge is 2.10. The Morgan fingerprint density at radius 2 is 2.26 bits per heavy atom. The number of hydrogen-bond acceptors (Lipinski definition) is 5. The smallest absolute Gasteiger partial charge is 0.250 e. The molecule has 122 valence electrons. The van der Waals surface area contributed by atoms with Crippen LogP contribution in [0.3, 0.4) is 0 Å². The molecule has 2 rings (SSSR count). The topological polar surface area (TPSA) is 60.5 Å². The zero-order valence-electron chi connectivity index (χ0n) is 13.1. The van der Waals surface area contributed by atoms with Gasteiger partial charge in [0.15, 0.2) is 16.6 Å². The number of ether oxygens (including phenoxy) is 2. The Bertz CT molecular complexity index is 728. The minimum atomic E-state index is -0.260. The molecule has 0 atom stereocenters. The molecule has 1 N–H and O–H groups in total. The van der Waals surface area contributed by atoms with Crippen molar-refractivity contribution in [3.05, 3.63) is 39.9 Å². The molecule has 0 saturated heterocycles. The normalized spacial score (nSPS) is 10.8. The van der Waals surface area contributed by atoms with Crippen molar-refractivity contribution in [2.45, 2.75) is 13.8 Å². The SMILES string of the molecule is CCOc1cc(C=CC(=O)Nc2nc(C)cs2)cc(Cl)c1OC. The number of aromatic nitrogens is 1. The highest BCUT2D eigenvalue weighted by atomic mass is 35.5. The maximum absolute atomic E-state index is 11.9. The van der Waals surface area contributed by atoms with E-state index in [1.807, 2.05) is 19.2 Å². The minimum Gasteiger partial charge on any atom is -0.491 e. The fraction of sp³-hybridized carbons (Fsp3) is 0.250. The highest BCUT2D eigenvalue weighted by molar-refractivity contribution is 7.13. The number of halogens is 1.